The first kappa shape index (κ1) is 14.1. The monoisotopic (exact) mass is 294 g/mol. The highest BCUT2D eigenvalue weighted by molar-refractivity contribution is 6.76. The van der Waals surface area contributed by atoms with Crippen molar-refractivity contribution in [3.05, 3.63) is 29.8 Å². The van der Waals surface area contributed by atoms with Gasteiger partial charge < -0.3 is 4.74 Å². The molecule has 0 bridgehead atoms. The van der Waals surface area contributed by atoms with E-state index in [0.29, 0.717) is 0 Å². The zero-order chi connectivity index (χ0) is 12.9. The van der Waals surface area contributed by atoms with E-state index in [1.807, 2.05) is 0 Å². The van der Waals surface area contributed by atoms with Gasteiger partial charge in [-0.2, -0.15) is 5.10 Å². The third-order valence-corrected chi connectivity index (χ3v) is 2.27. The minimum atomic E-state index is -2.02. The van der Waals surface area contributed by atoms with E-state index in [0.717, 1.165) is 11.3 Å². The highest BCUT2D eigenvalue weighted by atomic mass is 35.6. The first-order chi connectivity index (χ1) is 7.93. The second-order valence-corrected chi connectivity index (χ2v) is 5.25. The summed E-state index contributed by atoms with van der Waals surface area (Å²) in [7, 11) is 1.57. The van der Waals surface area contributed by atoms with E-state index in [1.165, 1.54) is 6.21 Å². The average Bonchev–Trinajstić information content (AvgIpc) is 2.28. The minimum Gasteiger partial charge on any atom is -0.497 e. The van der Waals surface area contributed by atoms with Gasteiger partial charge in [-0.3, -0.25) is 4.79 Å². The van der Waals surface area contributed by atoms with E-state index in [-0.39, 0.29) is 0 Å². The molecule has 92 valence electrons. The second kappa shape index (κ2) is 6.10. The molecule has 0 saturated carbocycles. The average molecular weight is 296 g/mol. The molecule has 0 aliphatic carbocycles. The molecular weight excluding hydrogens is 286 g/mol. The summed E-state index contributed by atoms with van der Waals surface area (Å²) in [5.41, 5.74) is 2.88. The van der Waals surface area contributed by atoms with E-state index in [9.17, 15) is 4.79 Å². The minimum absolute atomic E-state index is 0.729. The number of amides is 1. The van der Waals surface area contributed by atoms with Crippen LogP contribution >= 0.6 is 34.8 Å². The highest BCUT2D eigenvalue weighted by Crippen LogP contribution is 2.25. The molecule has 0 saturated heterocycles. The van der Waals surface area contributed by atoms with Gasteiger partial charge in [0.05, 0.1) is 13.3 Å². The van der Waals surface area contributed by atoms with Gasteiger partial charge in [-0.1, -0.05) is 34.8 Å². The van der Waals surface area contributed by atoms with Crippen molar-refractivity contribution in [3.63, 3.8) is 0 Å². The number of rotatable bonds is 3. The topological polar surface area (TPSA) is 50.7 Å². The van der Waals surface area contributed by atoms with Crippen LogP contribution in [0.2, 0.25) is 0 Å². The van der Waals surface area contributed by atoms with Crippen LogP contribution in [-0.4, -0.2) is 23.0 Å². The Morgan fingerprint density at radius 2 is 1.94 bits per heavy atom. The standard InChI is InChI=1S/C10H9Cl3N2O2/c1-17-8-4-2-7(3-5-8)6-14-15-9(16)10(11,12)13/h2-6H,1H3,(H,15,16)/b14-6+. The molecule has 1 aromatic rings. The van der Waals surface area contributed by atoms with Gasteiger partial charge in [-0.15, -0.1) is 0 Å². The van der Waals surface area contributed by atoms with Gasteiger partial charge in [0.1, 0.15) is 5.75 Å². The Hall–Kier alpha value is -0.970. The third kappa shape index (κ3) is 4.81. The molecule has 0 spiro atoms. The maximum atomic E-state index is 11.1. The number of benzene rings is 1. The van der Waals surface area contributed by atoms with Gasteiger partial charge in [0, 0.05) is 0 Å². The van der Waals surface area contributed by atoms with Crippen LogP contribution in [0.1, 0.15) is 5.56 Å². The molecule has 7 heteroatoms. The summed E-state index contributed by atoms with van der Waals surface area (Å²) in [5, 5.41) is 3.64. The summed E-state index contributed by atoms with van der Waals surface area (Å²) in [6, 6.07) is 7.06. The molecule has 1 N–H and O–H groups in total. The van der Waals surface area contributed by atoms with Gasteiger partial charge in [0.15, 0.2) is 0 Å². The summed E-state index contributed by atoms with van der Waals surface area (Å²) in [4.78, 5) is 11.1. The molecule has 17 heavy (non-hydrogen) atoms. The lowest BCUT2D eigenvalue weighted by molar-refractivity contribution is -0.120. The Labute approximate surface area is 113 Å². The normalized spacial score (nSPS) is 11.5. The van der Waals surface area contributed by atoms with Crippen LogP contribution in [0, 0.1) is 0 Å². The lowest BCUT2D eigenvalue weighted by Crippen LogP contribution is -2.30. The van der Waals surface area contributed by atoms with Gasteiger partial charge in [-0.25, -0.2) is 5.43 Å². The zero-order valence-corrected chi connectivity index (χ0v) is 11.1. The lowest BCUT2D eigenvalue weighted by atomic mass is 10.2. The van der Waals surface area contributed by atoms with Crippen molar-refractivity contribution in [3.8, 4) is 5.75 Å². The molecule has 0 fully saturated rings. The first-order valence-corrected chi connectivity index (χ1v) is 5.61. The molecule has 0 aliphatic heterocycles. The second-order valence-electron chi connectivity index (χ2n) is 2.97. The van der Waals surface area contributed by atoms with Crippen LogP contribution < -0.4 is 10.2 Å². The number of carbonyl (C=O) groups is 1. The molecule has 0 aromatic heterocycles. The first-order valence-electron chi connectivity index (χ1n) is 4.48. The predicted molar refractivity (Wildman–Crippen MR) is 69.0 cm³/mol. The molecule has 1 aromatic carbocycles. The molecule has 0 atom stereocenters. The number of hydrazone groups is 1. The van der Waals surface area contributed by atoms with E-state index in [1.54, 1.807) is 31.4 Å². The molecule has 4 nitrogen and oxygen atoms in total. The largest absolute Gasteiger partial charge is 0.497 e. The van der Waals surface area contributed by atoms with Crippen molar-refractivity contribution in [1.29, 1.82) is 0 Å². The maximum absolute atomic E-state index is 11.1. The Morgan fingerprint density at radius 3 is 2.41 bits per heavy atom. The van der Waals surface area contributed by atoms with Crippen LogP contribution in [-0.2, 0) is 4.79 Å². The summed E-state index contributed by atoms with van der Waals surface area (Å²) >= 11 is 16.0. The number of hydrogen-bond donors (Lipinski definition) is 1. The lowest BCUT2D eigenvalue weighted by Gasteiger charge is -2.06. The Kier molecular flexibility index (Phi) is 5.05. The number of carbonyl (C=O) groups excluding carboxylic acids is 1. The quantitative estimate of drug-likeness (QED) is 0.529. The van der Waals surface area contributed by atoms with Crippen LogP contribution in [0.4, 0.5) is 0 Å². The van der Waals surface area contributed by atoms with Crippen LogP contribution in [0.25, 0.3) is 0 Å². The smallest absolute Gasteiger partial charge is 0.292 e. The SMILES string of the molecule is COc1ccc(/C=N/NC(=O)C(Cl)(Cl)Cl)cc1. The fourth-order valence-electron chi connectivity index (χ4n) is 0.919. The van der Waals surface area contributed by atoms with Crippen molar-refractivity contribution < 1.29 is 9.53 Å². The molecule has 0 aliphatic rings. The zero-order valence-electron chi connectivity index (χ0n) is 8.78. The van der Waals surface area contributed by atoms with Gasteiger partial charge >= 0.3 is 0 Å². The molecule has 0 heterocycles. The Bertz CT molecular complexity index is 413. The molecular formula is C10H9Cl3N2O2. The number of hydrogen-bond acceptors (Lipinski definition) is 3. The van der Waals surface area contributed by atoms with Gasteiger partial charge in [0.2, 0.25) is 0 Å². The van der Waals surface area contributed by atoms with Gasteiger partial charge in [-0.05, 0) is 29.8 Å². The summed E-state index contributed by atoms with van der Waals surface area (Å²) in [6.07, 6.45) is 1.42. The van der Waals surface area contributed by atoms with Crippen molar-refractivity contribution in [1.82, 2.24) is 5.43 Å². The Balaban J connectivity index is 2.56. The van der Waals surface area contributed by atoms with Crippen LogP contribution in [0.5, 0.6) is 5.75 Å². The fraction of sp³-hybridized carbons (Fsp3) is 0.200. The maximum Gasteiger partial charge on any atom is 0.292 e. The number of methoxy groups -OCH3 is 1. The number of ether oxygens (including phenoxy) is 1. The summed E-state index contributed by atoms with van der Waals surface area (Å²) in [6.45, 7) is 0. The summed E-state index contributed by atoms with van der Waals surface area (Å²) < 4.78 is 2.97. The molecule has 0 unspecified atom stereocenters. The fourth-order valence-corrected chi connectivity index (χ4v) is 1.05. The highest BCUT2D eigenvalue weighted by Gasteiger charge is 2.30. The van der Waals surface area contributed by atoms with E-state index >= 15 is 0 Å². The summed E-state index contributed by atoms with van der Waals surface area (Å²) in [5.74, 6) is -0.0836. The molecule has 1 rings (SSSR count). The van der Waals surface area contributed by atoms with E-state index < -0.39 is 9.70 Å². The van der Waals surface area contributed by atoms with Crippen molar-refractivity contribution in [2.75, 3.05) is 7.11 Å². The van der Waals surface area contributed by atoms with E-state index in [4.69, 9.17) is 39.5 Å². The van der Waals surface area contributed by atoms with Gasteiger partial charge in [0.25, 0.3) is 9.70 Å². The molecule has 0 radical (unpaired) electrons. The number of alkyl halides is 3. The van der Waals surface area contributed by atoms with Crippen molar-refractivity contribution in [2.45, 2.75) is 3.79 Å². The number of nitrogens with one attached hydrogen (secondary N) is 1. The number of halogens is 3. The molecule has 1 amide bonds. The van der Waals surface area contributed by atoms with Crippen molar-refractivity contribution >= 4 is 46.9 Å². The van der Waals surface area contributed by atoms with E-state index in [2.05, 4.69) is 10.5 Å². The third-order valence-electron chi connectivity index (χ3n) is 1.75. The Morgan fingerprint density at radius 1 is 1.35 bits per heavy atom. The van der Waals surface area contributed by atoms with Crippen LogP contribution in [0.15, 0.2) is 29.4 Å². The predicted octanol–water partition coefficient (Wildman–Crippen LogP) is 2.52. The van der Waals surface area contributed by atoms with Crippen molar-refractivity contribution in [2.24, 2.45) is 5.10 Å². The number of nitrogens with zero attached hydrogens (tertiary/aromatic N) is 1. The van der Waals surface area contributed by atoms with Crippen LogP contribution in [0.3, 0.4) is 0 Å².